The van der Waals surface area contributed by atoms with Crippen LogP contribution in [0.4, 0.5) is 0 Å². The van der Waals surface area contributed by atoms with E-state index in [9.17, 15) is 14.9 Å². The van der Waals surface area contributed by atoms with Crippen molar-refractivity contribution in [2.45, 2.75) is 44.2 Å². The molecule has 2 aliphatic rings. The third kappa shape index (κ3) is 3.63. The maximum absolute atomic E-state index is 13.1. The van der Waals surface area contributed by atoms with Crippen LogP contribution < -0.4 is 5.32 Å². The van der Waals surface area contributed by atoms with Gasteiger partial charge in [0.25, 0.3) is 0 Å². The number of carbonyl (C=O) groups is 2. The van der Waals surface area contributed by atoms with Crippen LogP contribution in [0.25, 0.3) is 0 Å². The van der Waals surface area contributed by atoms with Crippen molar-refractivity contribution in [2.75, 3.05) is 6.54 Å². The van der Waals surface area contributed by atoms with Crippen molar-refractivity contribution in [3.8, 4) is 6.07 Å². The number of amides is 2. The van der Waals surface area contributed by atoms with E-state index in [1.165, 1.54) is 0 Å². The van der Waals surface area contributed by atoms with Crippen molar-refractivity contribution in [2.24, 2.45) is 5.92 Å². The molecule has 1 aliphatic carbocycles. The SMILES string of the molecule is CC(c1ccccc1)N1CC(C(=O)NC2(c3cccc(C#N)c3)CCC2)CC1=O. The van der Waals surface area contributed by atoms with Crippen LogP contribution >= 0.6 is 0 Å². The smallest absolute Gasteiger partial charge is 0.226 e. The average molecular weight is 387 g/mol. The molecule has 29 heavy (non-hydrogen) atoms. The van der Waals surface area contributed by atoms with E-state index in [1.807, 2.05) is 60.4 Å². The second-order valence-corrected chi connectivity index (χ2v) is 8.15. The van der Waals surface area contributed by atoms with E-state index < -0.39 is 5.54 Å². The molecule has 2 atom stereocenters. The van der Waals surface area contributed by atoms with Crippen molar-refractivity contribution in [1.82, 2.24) is 10.2 Å². The van der Waals surface area contributed by atoms with Crippen LogP contribution in [-0.4, -0.2) is 23.3 Å². The van der Waals surface area contributed by atoms with Crippen molar-refractivity contribution in [3.05, 3.63) is 71.3 Å². The summed E-state index contributed by atoms with van der Waals surface area (Å²) < 4.78 is 0. The minimum atomic E-state index is -0.411. The summed E-state index contributed by atoms with van der Waals surface area (Å²) in [6, 6.07) is 19.5. The van der Waals surface area contributed by atoms with Gasteiger partial charge in [-0.15, -0.1) is 0 Å². The minimum absolute atomic E-state index is 0.0237. The van der Waals surface area contributed by atoms with Gasteiger partial charge in [-0.2, -0.15) is 5.26 Å². The lowest BCUT2D eigenvalue weighted by molar-refractivity contribution is -0.131. The van der Waals surface area contributed by atoms with E-state index in [2.05, 4.69) is 11.4 Å². The molecule has 1 heterocycles. The monoisotopic (exact) mass is 387 g/mol. The fourth-order valence-electron chi connectivity index (χ4n) is 4.43. The second kappa shape index (κ2) is 7.71. The number of rotatable bonds is 5. The van der Waals surface area contributed by atoms with Gasteiger partial charge in [0, 0.05) is 13.0 Å². The summed E-state index contributed by atoms with van der Waals surface area (Å²) in [6.45, 7) is 2.45. The predicted molar refractivity (Wildman–Crippen MR) is 110 cm³/mol. The summed E-state index contributed by atoms with van der Waals surface area (Å²) in [5.74, 6) is -0.385. The van der Waals surface area contributed by atoms with Crippen molar-refractivity contribution in [1.29, 1.82) is 5.26 Å². The van der Waals surface area contributed by atoms with E-state index in [1.54, 1.807) is 6.07 Å². The van der Waals surface area contributed by atoms with Gasteiger partial charge in [0.05, 0.1) is 29.1 Å². The van der Waals surface area contributed by atoms with Gasteiger partial charge >= 0.3 is 0 Å². The fourth-order valence-corrected chi connectivity index (χ4v) is 4.43. The molecule has 0 spiro atoms. The summed E-state index contributed by atoms with van der Waals surface area (Å²) in [4.78, 5) is 27.5. The highest BCUT2D eigenvalue weighted by molar-refractivity contribution is 5.90. The van der Waals surface area contributed by atoms with Crippen LogP contribution in [0, 0.1) is 17.2 Å². The topological polar surface area (TPSA) is 73.2 Å². The lowest BCUT2D eigenvalue weighted by Crippen LogP contribution is -2.52. The molecule has 4 rings (SSSR count). The van der Waals surface area contributed by atoms with Gasteiger partial charge in [0.15, 0.2) is 0 Å². The molecule has 0 radical (unpaired) electrons. The number of nitrogens with zero attached hydrogens (tertiary/aromatic N) is 2. The average Bonchev–Trinajstić information content (AvgIpc) is 3.12. The Labute approximate surface area is 171 Å². The Kier molecular flexibility index (Phi) is 5.10. The molecule has 1 aliphatic heterocycles. The van der Waals surface area contributed by atoms with Crippen LogP contribution in [0.1, 0.15) is 55.3 Å². The molecular weight excluding hydrogens is 362 g/mol. The molecule has 148 valence electrons. The maximum Gasteiger partial charge on any atom is 0.226 e. The molecule has 1 saturated heterocycles. The first kappa shape index (κ1) is 19.2. The van der Waals surface area contributed by atoms with E-state index in [0.29, 0.717) is 12.1 Å². The molecule has 0 bridgehead atoms. The molecule has 1 saturated carbocycles. The Morgan fingerprint density at radius 1 is 1.21 bits per heavy atom. The standard InChI is InChI=1S/C24H25N3O2/c1-17(19-8-3-2-4-9-19)27-16-20(14-22(27)28)23(29)26-24(11-6-12-24)21-10-5-7-18(13-21)15-25/h2-5,7-10,13,17,20H,6,11-12,14,16H2,1H3,(H,26,29). The van der Waals surface area contributed by atoms with Gasteiger partial charge in [0.2, 0.25) is 11.8 Å². The molecule has 2 aromatic rings. The Morgan fingerprint density at radius 3 is 2.62 bits per heavy atom. The van der Waals surface area contributed by atoms with E-state index >= 15 is 0 Å². The zero-order valence-electron chi connectivity index (χ0n) is 16.6. The Hall–Kier alpha value is -3.13. The van der Waals surface area contributed by atoms with Crippen LogP contribution in [0.5, 0.6) is 0 Å². The van der Waals surface area contributed by atoms with Gasteiger partial charge in [-0.25, -0.2) is 0 Å². The third-order valence-corrected chi connectivity index (χ3v) is 6.39. The normalized spacial score (nSPS) is 21.2. The zero-order chi connectivity index (χ0) is 20.4. The lowest BCUT2D eigenvalue weighted by Gasteiger charge is -2.43. The number of likely N-dealkylation sites (tertiary alicyclic amines) is 1. The van der Waals surface area contributed by atoms with Gasteiger partial charge in [-0.3, -0.25) is 9.59 Å². The molecule has 2 fully saturated rings. The first-order valence-electron chi connectivity index (χ1n) is 10.2. The highest BCUT2D eigenvalue weighted by Gasteiger charge is 2.44. The Bertz CT molecular complexity index is 960. The maximum atomic E-state index is 13.1. The van der Waals surface area contributed by atoms with E-state index in [-0.39, 0.29) is 30.2 Å². The fraction of sp³-hybridized carbons (Fsp3) is 0.375. The highest BCUT2D eigenvalue weighted by atomic mass is 16.2. The largest absolute Gasteiger partial charge is 0.346 e. The molecule has 5 heteroatoms. The van der Waals surface area contributed by atoms with Crippen molar-refractivity contribution < 1.29 is 9.59 Å². The lowest BCUT2D eigenvalue weighted by atomic mass is 9.71. The molecule has 5 nitrogen and oxygen atoms in total. The van der Waals surface area contributed by atoms with Crippen LogP contribution in [0.15, 0.2) is 54.6 Å². The zero-order valence-corrected chi connectivity index (χ0v) is 16.6. The molecule has 2 amide bonds. The predicted octanol–water partition coefficient (Wildman–Crippen LogP) is 3.66. The summed E-state index contributed by atoms with van der Waals surface area (Å²) in [6.07, 6.45) is 3.01. The van der Waals surface area contributed by atoms with Gasteiger partial charge in [0.1, 0.15) is 0 Å². The summed E-state index contributed by atoms with van der Waals surface area (Å²) in [7, 11) is 0. The number of nitriles is 1. The number of nitrogens with one attached hydrogen (secondary N) is 1. The van der Waals surface area contributed by atoms with Crippen LogP contribution in [-0.2, 0) is 15.1 Å². The first-order chi connectivity index (χ1) is 14.0. The number of benzene rings is 2. The third-order valence-electron chi connectivity index (χ3n) is 6.39. The summed E-state index contributed by atoms with van der Waals surface area (Å²) in [5, 5.41) is 12.4. The molecular formula is C24H25N3O2. The second-order valence-electron chi connectivity index (χ2n) is 8.15. The Morgan fingerprint density at radius 2 is 1.97 bits per heavy atom. The van der Waals surface area contributed by atoms with Crippen LogP contribution in [0.2, 0.25) is 0 Å². The minimum Gasteiger partial charge on any atom is -0.346 e. The van der Waals surface area contributed by atoms with Gasteiger partial charge in [-0.05, 0) is 49.4 Å². The van der Waals surface area contributed by atoms with E-state index in [0.717, 1.165) is 30.4 Å². The summed E-state index contributed by atoms with van der Waals surface area (Å²) in [5.41, 5.74) is 2.24. The molecule has 1 N–H and O–H groups in total. The van der Waals surface area contributed by atoms with Gasteiger partial charge < -0.3 is 10.2 Å². The highest BCUT2D eigenvalue weighted by Crippen LogP contribution is 2.42. The number of hydrogen-bond acceptors (Lipinski definition) is 3. The Balaban J connectivity index is 1.47. The number of hydrogen-bond donors (Lipinski definition) is 1. The number of carbonyl (C=O) groups excluding carboxylic acids is 2. The quantitative estimate of drug-likeness (QED) is 0.851. The molecule has 2 aromatic carbocycles. The van der Waals surface area contributed by atoms with Crippen molar-refractivity contribution >= 4 is 11.8 Å². The first-order valence-corrected chi connectivity index (χ1v) is 10.2. The summed E-state index contributed by atoms with van der Waals surface area (Å²) >= 11 is 0. The van der Waals surface area contributed by atoms with E-state index in [4.69, 9.17) is 0 Å². The van der Waals surface area contributed by atoms with Gasteiger partial charge in [-0.1, -0.05) is 42.5 Å². The molecule has 0 aromatic heterocycles. The molecule has 2 unspecified atom stereocenters. The van der Waals surface area contributed by atoms with Crippen LogP contribution in [0.3, 0.4) is 0 Å². The van der Waals surface area contributed by atoms with Crippen molar-refractivity contribution in [3.63, 3.8) is 0 Å².